The van der Waals surface area contributed by atoms with Crippen LogP contribution in [0.1, 0.15) is 26.5 Å². The Kier molecular flexibility index (Phi) is 5.94. The van der Waals surface area contributed by atoms with Gasteiger partial charge in [-0.3, -0.25) is 9.88 Å². The van der Waals surface area contributed by atoms with Gasteiger partial charge in [-0.25, -0.2) is 9.97 Å². The zero-order chi connectivity index (χ0) is 17.6. The first-order valence-electron chi connectivity index (χ1n) is 9.04. The summed E-state index contributed by atoms with van der Waals surface area (Å²) in [5, 5.41) is 3.57. The highest BCUT2D eigenvalue weighted by Gasteiger charge is 2.22. The highest BCUT2D eigenvalue weighted by molar-refractivity contribution is 5.57. The predicted octanol–water partition coefficient (Wildman–Crippen LogP) is 2.62. The second-order valence-electron chi connectivity index (χ2n) is 6.48. The molecule has 0 amide bonds. The topological polar surface area (TPSA) is 63.2 Å². The third-order valence-electron chi connectivity index (χ3n) is 4.80. The molecule has 3 heterocycles. The van der Waals surface area contributed by atoms with Crippen molar-refractivity contribution in [2.24, 2.45) is 0 Å². The quantitative estimate of drug-likeness (QED) is 0.871. The Morgan fingerprint density at radius 1 is 1.16 bits per heavy atom. The van der Waals surface area contributed by atoms with Gasteiger partial charge in [-0.15, -0.1) is 0 Å². The van der Waals surface area contributed by atoms with Crippen molar-refractivity contribution in [1.82, 2.24) is 19.9 Å². The molecule has 3 rings (SSSR count). The molecule has 6 nitrogen and oxygen atoms in total. The lowest BCUT2D eigenvalue weighted by Gasteiger charge is -2.36. The second kappa shape index (κ2) is 8.36. The fraction of sp³-hybridized carbons (Fsp3) is 0.526. The molecule has 0 saturated carbocycles. The van der Waals surface area contributed by atoms with Crippen LogP contribution in [0.5, 0.6) is 0 Å². The van der Waals surface area contributed by atoms with E-state index in [0.717, 1.165) is 55.6 Å². The normalized spacial score (nSPS) is 17.9. The van der Waals surface area contributed by atoms with Crippen molar-refractivity contribution in [2.75, 3.05) is 31.6 Å². The van der Waals surface area contributed by atoms with Crippen LogP contribution in [-0.4, -0.2) is 58.2 Å². The van der Waals surface area contributed by atoms with Crippen LogP contribution in [0, 0.1) is 0 Å². The maximum absolute atomic E-state index is 5.46. The first-order valence-corrected chi connectivity index (χ1v) is 9.04. The Bertz CT molecular complexity index is 673. The summed E-state index contributed by atoms with van der Waals surface area (Å²) < 4.78 is 5.46. The molecule has 0 aliphatic carbocycles. The minimum atomic E-state index is 0.281. The van der Waals surface area contributed by atoms with E-state index < -0.39 is 0 Å². The van der Waals surface area contributed by atoms with Gasteiger partial charge >= 0.3 is 0 Å². The van der Waals surface area contributed by atoms with Gasteiger partial charge < -0.3 is 10.1 Å². The van der Waals surface area contributed by atoms with Gasteiger partial charge in [0, 0.05) is 54.9 Å². The summed E-state index contributed by atoms with van der Waals surface area (Å²) in [6.07, 6.45) is 4.42. The number of rotatable bonds is 6. The number of morpholine rings is 1. The van der Waals surface area contributed by atoms with E-state index in [2.05, 4.69) is 41.0 Å². The molecule has 2 atom stereocenters. The van der Waals surface area contributed by atoms with Gasteiger partial charge in [0.1, 0.15) is 5.82 Å². The lowest BCUT2D eigenvalue weighted by Crippen LogP contribution is -2.48. The Morgan fingerprint density at radius 3 is 2.56 bits per heavy atom. The predicted molar refractivity (Wildman–Crippen MR) is 99.6 cm³/mol. The van der Waals surface area contributed by atoms with Crippen LogP contribution in [0.4, 0.5) is 5.82 Å². The van der Waals surface area contributed by atoms with E-state index in [-0.39, 0.29) is 6.04 Å². The molecular formula is C19H27N5O. The number of nitrogens with zero attached hydrogens (tertiary/aromatic N) is 4. The molecule has 134 valence electrons. The first kappa shape index (κ1) is 17.8. The van der Waals surface area contributed by atoms with Crippen molar-refractivity contribution in [3.8, 4) is 11.4 Å². The molecule has 0 spiro atoms. The third kappa shape index (κ3) is 4.52. The molecule has 0 radical (unpaired) electrons. The molecule has 25 heavy (non-hydrogen) atoms. The lowest BCUT2D eigenvalue weighted by atomic mass is 10.1. The van der Waals surface area contributed by atoms with Crippen LogP contribution in [0.25, 0.3) is 11.4 Å². The fourth-order valence-electron chi connectivity index (χ4n) is 3.04. The van der Waals surface area contributed by atoms with E-state index in [0.29, 0.717) is 6.04 Å². The lowest BCUT2D eigenvalue weighted by molar-refractivity contribution is 0.0176. The van der Waals surface area contributed by atoms with Gasteiger partial charge in [-0.05, 0) is 32.4 Å². The summed E-state index contributed by atoms with van der Waals surface area (Å²) in [4.78, 5) is 15.9. The van der Waals surface area contributed by atoms with Crippen molar-refractivity contribution in [3.63, 3.8) is 0 Å². The molecular weight excluding hydrogens is 314 g/mol. The molecule has 0 bridgehead atoms. The maximum atomic E-state index is 5.46. The van der Waals surface area contributed by atoms with Gasteiger partial charge in [0.2, 0.25) is 0 Å². The number of hydrogen-bond donors (Lipinski definition) is 1. The van der Waals surface area contributed by atoms with Crippen LogP contribution in [0.15, 0.2) is 30.6 Å². The number of nitrogens with one attached hydrogen (secondary N) is 1. The number of ether oxygens (including phenoxy) is 1. The second-order valence-corrected chi connectivity index (χ2v) is 6.48. The minimum Gasteiger partial charge on any atom is -0.379 e. The van der Waals surface area contributed by atoms with Crippen molar-refractivity contribution in [2.45, 2.75) is 39.3 Å². The SMILES string of the molecule is CCc1cc(NC(C)C(C)N2CCOCC2)nc(-c2ccncc2)n1. The van der Waals surface area contributed by atoms with Crippen LogP contribution in [0.3, 0.4) is 0 Å². The third-order valence-corrected chi connectivity index (χ3v) is 4.80. The van der Waals surface area contributed by atoms with Crippen molar-refractivity contribution < 1.29 is 4.74 Å². The zero-order valence-electron chi connectivity index (χ0n) is 15.3. The zero-order valence-corrected chi connectivity index (χ0v) is 15.3. The Labute approximate surface area is 149 Å². The number of anilines is 1. The van der Waals surface area contributed by atoms with Gasteiger partial charge in [0.15, 0.2) is 5.82 Å². The Balaban J connectivity index is 1.77. The Morgan fingerprint density at radius 2 is 1.88 bits per heavy atom. The molecule has 0 aromatic carbocycles. The monoisotopic (exact) mass is 341 g/mol. The molecule has 1 aliphatic rings. The van der Waals surface area contributed by atoms with Crippen molar-refractivity contribution in [1.29, 1.82) is 0 Å². The van der Waals surface area contributed by atoms with Gasteiger partial charge in [-0.1, -0.05) is 6.92 Å². The van der Waals surface area contributed by atoms with Gasteiger partial charge in [-0.2, -0.15) is 0 Å². The molecule has 1 N–H and O–H groups in total. The van der Waals surface area contributed by atoms with E-state index >= 15 is 0 Å². The molecule has 1 aliphatic heterocycles. The summed E-state index contributed by atoms with van der Waals surface area (Å²) in [7, 11) is 0. The van der Waals surface area contributed by atoms with E-state index in [1.807, 2.05) is 18.2 Å². The Hall–Kier alpha value is -2.05. The summed E-state index contributed by atoms with van der Waals surface area (Å²) in [6, 6.07) is 6.63. The smallest absolute Gasteiger partial charge is 0.161 e. The van der Waals surface area contributed by atoms with E-state index in [1.54, 1.807) is 12.4 Å². The number of aryl methyl sites for hydroxylation is 1. The van der Waals surface area contributed by atoms with Crippen molar-refractivity contribution in [3.05, 3.63) is 36.3 Å². The molecule has 6 heteroatoms. The van der Waals surface area contributed by atoms with Crippen molar-refractivity contribution >= 4 is 5.82 Å². The standard InChI is InChI=1S/C19H27N5O/c1-4-17-13-18(23-19(22-17)16-5-7-20-8-6-16)21-14(2)15(3)24-9-11-25-12-10-24/h5-8,13-15H,4,9-12H2,1-3H3,(H,21,22,23). The highest BCUT2D eigenvalue weighted by atomic mass is 16.5. The van der Waals surface area contributed by atoms with E-state index in [1.165, 1.54) is 0 Å². The molecule has 1 fully saturated rings. The molecule has 1 saturated heterocycles. The van der Waals surface area contributed by atoms with Gasteiger partial charge in [0.05, 0.1) is 13.2 Å². The van der Waals surface area contributed by atoms with Gasteiger partial charge in [0.25, 0.3) is 0 Å². The molecule has 2 unspecified atom stereocenters. The van der Waals surface area contributed by atoms with Crippen LogP contribution >= 0.6 is 0 Å². The molecule has 2 aromatic rings. The van der Waals surface area contributed by atoms with E-state index in [4.69, 9.17) is 9.72 Å². The molecule has 2 aromatic heterocycles. The summed E-state index contributed by atoms with van der Waals surface area (Å²) in [5.41, 5.74) is 2.03. The highest BCUT2D eigenvalue weighted by Crippen LogP contribution is 2.19. The fourth-order valence-corrected chi connectivity index (χ4v) is 3.04. The average molecular weight is 341 g/mol. The minimum absolute atomic E-state index is 0.281. The summed E-state index contributed by atoms with van der Waals surface area (Å²) in [5.74, 6) is 1.63. The van der Waals surface area contributed by atoms with Crippen LogP contribution in [0.2, 0.25) is 0 Å². The number of aromatic nitrogens is 3. The van der Waals surface area contributed by atoms with Crippen LogP contribution in [-0.2, 0) is 11.2 Å². The maximum Gasteiger partial charge on any atom is 0.161 e. The summed E-state index contributed by atoms with van der Waals surface area (Å²) in [6.45, 7) is 10.2. The van der Waals surface area contributed by atoms with Crippen LogP contribution < -0.4 is 5.32 Å². The largest absolute Gasteiger partial charge is 0.379 e. The summed E-state index contributed by atoms with van der Waals surface area (Å²) >= 11 is 0. The number of hydrogen-bond acceptors (Lipinski definition) is 6. The number of pyridine rings is 1. The van der Waals surface area contributed by atoms with E-state index in [9.17, 15) is 0 Å². The average Bonchev–Trinajstić information content (AvgIpc) is 2.68. The first-order chi connectivity index (χ1) is 12.2.